The number of aryl methyl sites for hydroxylation is 2. The van der Waals surface area contributed by atoms with Crippen molar-refractivity contribution in [2.75, 3.05) is 6.61 Å². The standard InChI is InChI=1S/C19H23N3O4/c1-12-17(18(24)21-19(2,3)11-23)15-9-14(5-6-16(15)26-12)25-10-13-7-8-20-22(13)4/h5-9,23H,10-11H2,1-4H3,(H,21,24). The van der Waals surface area contributed by atoms with Gasteiger partial charge >= 0.3 is 0 Å². The van der Waals surface area contributed by atoms with Gasteiger partial charge in [0, 0.05) is 18.6 Å². The van der Waals surface area contributed by atoms with Gasteiger partial charge in [0.1, 0.15) is 23.7 Å². The van der Waals surface area contributed by atoms with Gasteiger partial charge in [0.25, 0.3) is 5.91 Å². The van der Waals surface area contributed by atoms with Crippen LogP contribution in [0.5, 0.6) is 5.75 Å². The van der Waals surface area contributed by atoms with Crippen LogP contribution in [0.15, 0.2) is 34.9 Å². The zero-order valence-corrected chi connectivity index (χ0v) is 15.4. The first kappa shape index (κ1) is 18.0. The number of nitrogens with one attached hydrogen (secondary N) is 1. The van der Waals surface area contributed by atoms with Gasteiger partial charge in [-0.1, -0.05) is 0 Å². The number of amides is 1. The fourth-order valence-electron chi connectivity index (χ4n) is 2.68. The summed E-state index contributed by atoms with van der Waals surface area (Å²) >= 11 is 0. The van der Waals surface area contributed by atoms with Crippen LogP contribution in [0.3, 0.4) is 0 Å². The maximum Gasteiger partial charge on any atom is 0.255 e. The van der Waals surface area contributed by atoms with Gasteiger partial charge < -0.3 is 19.6 Å². The van der Waals surface area contributed by atoms with Crippen molar-refractivity contribution >= 4 is 16.9 Å². The molecule has 0 radical (unpaired) electrons. The van der Waals surface area contributed by atoms with E-state index in [-0.39, 0.29) is 12.5 Å². The maximum absolute atomic E-state index is 12.7. The highest BCUT2D eigenvalue weighted by molar-refractivity contribution is 6.07. The first-order chi connectivity index (χ1) is 12.3. The number of fused-ring (bicyclic) bond motifs is 1. The summed E-state index contributed by atoms with van der Waals surface area (Å²) in [5, 5.41) is 17.0. The molecule has 1 aromatic carbocycles. The van der Waals surface area contributed by atoms with Gasteiger partial charge in [-0.05, 0) is 45.0 Å². The zero-order chi connectivity index (χ0) is 18.9. The Labute approximate surface area is 151 Å². The fraction of sp³-hybridized carbons (Fsp3) is 0.368. The minimum Gasteiger partial charge on any atom is -0.487 e. The molecular formula is C19H23N3O4. The third-order valence-electron chi connectivity index (χ3n) is 4.22. The molecule has 0 bridgehead atoms. The highest BCUT2D eigenvalue weighted by atomic mass is 16.5. The average molecular weight is 357 g/mol. The molecule has 0 saturated heterocycles. The largest absolute Gasteiger partial charge is 0.487 e. The van der Waals surface area contributed by atoms with E-state index in [9.17, 15) is 9.90 Å². The van der Waals surface area contributed by atoms with E-state index in [2.05, 4.69) is 10.4 Å². The van der Waals surface area contributed by atoms with Crippen LogP contribution in [0.25, 0.3) is 11.0 Å². The lowest BCUT2D eigenvalue weighted by Crippen LogP contribution is -2.46. The number of aromatic nitrogens is 2. The average Bonchev–Trinajstić information content (AvgIpc) is 3.14. The molecule has 0 atom stereocenters. The van der Waals surface area contributed by atoms with Gasteiger partial charge in [-0.2, -0.15) is 5.10 Å². The number of hydrogen-bond acceptors (Lipinski definition) is 5. The Balaban J connectivity index is 1.88. The van der Waals surface area contributed by atoms with E-state index in [1.807, 2.05) is 13.1 Å². The van der Waals surface area contributed by atoms with E-state index in [0.29, 0.717) is 34.6 Å². The van der Waals surface area contributed by atoms with Crippen molar-refractivity contribution < 1.29 is 19.1 Å². The van der Waals surface area contributed by atoms with Crippen LogP contribution in [-0.4, -0.2) is 32.9 Å². The van der Waals surface area contributed by atoms with Crippen LogP contribution in [-0.2, 0) is 13.7 Å². The lowest BCUT2D eigenvalue weighted by atomic mass is 10.0. The van der Waals surface area contributed by atoms with E-state index in [4.69, 9.17) is 9.15 Å². The SMILES string of the molecule is Cc1oc2ccc(OCc3ccnn3C)cc2c1C(=O)NC(C)(C)CO. The summed E-state index contributed by atoms with van der Waals surface area (Å²) in [6, 6.07) is 7.27. The Hall–Kier alpha value is -2.80. The Kier molecular flexibility index (Phi) is 4.73. The minimum atomic E-state index is -0.721. The van der Waals surface area contributed by atoms with Crippen LogP contribution in [0, 0.1) is 6.92 Å². The lowest BCUT2D eigenvalue weighted by molar-refractivity contribution is 0.0869. The van der Waals surface area contributed by atoms with Crippen molar-refractivity contribution in [2.45, 2.75) is 32.9 Å². The monoisotopic (exact) mass is 357 g/mol. The first-order valence-corrected chi connectivity index (χ1v) is 8.37. The molecule has 138 valence electrons. The van der Waals surface area contributed by atoms with E-state index >= 15 is 0 Å². The van der Waals surface area contributed by atoms with Gasteiger partial charge in [-0.25, -0.2) is 0 Å². The van der Waals surface area contributed by atoms with E-state index in [1.165, 1.54) is 0 Å². The van der Waals surface area contributed by atoms with Gasteiger partial charge in [-0.3, -0.25) is 9.48 Å². The third-order valence-corrected chi connectivity index (χ3v) is 4.22. The molecule has 26 heavy (non-hydrogen) atoms. The highest BCUT2D eigenvalue weighted by Gasteiger charge is 2.25. The molecule has 0 saturated carbocycles. The molecule has 0 fully saturated rings. The molecule has 0 aliphatic heterocycles. The summed E-state index contributed by atoms with van der Waals surface area (Å²) in [5.41, 5.74) is 1.28. The Bertz CT molecular complexity index is 940. The fourth-order valence-corrected chi connectivity index (χ4v) is 2.68. The first-order valence-electron chi connectivity index (χ1n) is 8.37. The van der Waals surface area contributed by atoms with Crippen molar-refractivity contribution in [2.24, 2.45) is 7.05 Å². The number of rotatable bonds is 6. The second-order valence-corrected chi connectivity index (χ2v) is 6.92. The zero-order valence-electron chi connectivity index (χ0n) is 15.4. The molecule has 3 aromatic rings. The van der Waals surface area contributed by atoms with Gasteiger partial charge in [-0.15, -0.1) is 0 Å². The van der Waals surface area contributed by atoms with E-state index in [1.54, 1.807) is 49.8 Å². The smallest absolute Gasteiger partial charge is 0.255 e. The number of ether oxygens (including phenoxy) is 1. The van der Waals surface area contributed by atoms with Gasteiger partial charge in [0.2, 0.25) is 0 Å². The van der Waals surface area contributed by atoms with E-state index < -0.39 is 5.54 Å². The van der Waals surface area contributed by atoms with Crippen molar-refractivity contribution in [1.29, 1.82) is 0 Å². The van der Waals surface area contributed by atoms with Crippen LogP contribution in [0.2, 0.25) is 0 Å². The Morgan fingerprint density at radius 1 is 1.38 bits per heavy atom. The molecule has 1 amide bonds. The summed E-state index contributed by atoms with van der Waals surface area (Å²) in [4.78, 5) is 12.7. The van der Waals surface area contributed by atoms with Crippen LogP contribution < -0.4 is 10.1 Å². The van der Waals surface area contributed by atoms with Crippen LogP contribution in [0.4, 0.5) is 0 Å². The Morgan fingerprint density at radius 3 is 2.81 bits per heavy atom. The molecule has 0 spiro atoms. The number of carbonyl (C=O) groups excluding carboxylic acids is 1. The van der Waals surface area contributed by atoms with Crippen LogP contribution >= 0.6 is 0 Å². The molecular weight excluding hydrogens is 334 g/mol. The highest BCUT2D eigenvalue weighted by Crippen LogP contribution is 2.29. The number of hydrogen-bond donors (Lipinski definition) is 2. The minimum absolute atomic E-state index is 0.160. The van der Waals surface area contributed by atoms with Gasteiger partial charge in [0.15, 0.2) is 0 Å². The maximum atomic E-state index is 12.7. The summed E-state index contributed by atoms with van der Waals surface area (Å²) in [6.45, 7) is 5.47. The Morgan fingerprint density at radius 2 is 2.15 bits per heavy atom. The predicted octanol–water partition coefficient (Wildman–Crippen LogP) is 2.55. The number of furan rings is 1. The summed E-state index contributed by atoms with van der Waals surface area (Å²) in [5.74, 6) is 0.870. The van der Waals surface area contributed by atoms with Crippen molar-refractivity contribution in [3.8, 4) is 5.75 Å². The molecule has 2 aromatic heterocycles. The number of aliphatic hydroxyl groups is 1. The van der Waals surface area contributed by atoms with Crippen molar-refractivity contribution in [3.63, 3.8) is 0 Å². The number of aliphatic hydroxyl groups excluding tert-OH is 1. The summed E-state index contributed by atoms with van der Waals surface area (Å²) in [6.07, 6.45) is 1.71. The van der Waals surface area contributed by atoms with Crippen molar-refractivity contribution in [3.05, 3.63) is 47.5 Å². The topological polar surface area (TPSA) is 89.5 Å². The molecule has 3 rings (SSSR count). The molecule has 0 aliphatic carbocycles. The van der Waals surface area contributed by atoms with E-state index in [0.717, 1.165) is 5.69 Å². The molecule has 0 aliphatic rings. The number of nitrogens with zero attached hydrogens (tertiary/aromatic N) is 2. The normalized spacial score (nSPS) is 11.7. The number of carbonyl (C=O) groups is 1. The predicted molar refractivity (Wildman–Crippen MR) is 97.1 cm³/mol. The second-order valence-electron chi connectivity index (χ2n) is 6.92. The molecule has 0 unspecified atom stereocenters. The third kappa shape index (κ3) is 3.57. The molecule has 7 heteroatoms. The molecule has 2 heterocycles. The van der Waals surface area contributed by atoms with Gasteiger partial charge in [0.05, 0.1) is 23.4 Å². The molecule has 2 N–H and O–H groups in total. The lowest BCUT2D eigenvalue weighted by Gasteiger charge is -2.23. The summed E-state index contributed by atoms with van der Waals surface area (Å²) in [7, 11) is 1.85. The van der Waals surface area contributed by atoms with Crippen molar-refractivity contribution in [1.82, 2.24) is 15.1 Å². The molecule has 7 nitrogen and oxygen atoms in total. The van der Waals surface area contributed by atoms with Crippen LogP contribution in [0.1, 0.15) is 35.7 Å². The second kappa shape index (κ2) is 6.84. The number of benzene rings is 1. The summed E-state index contributed by atoms with van der Waals surface area (Å²) < 4.78 is 13.3. The quantitative estimate of drug-likeness (QED) is 0.708.